The Morgan fingerprint density at radius 3 is 1.77 bits per heavy atom. The van der Waals surface area contributed by atoms with E-state index >= 15 is 0 Å². The van der Waals surface area contributed by atoms with E-state index in [1.807, 2.05) is 6.07 Å². The normalized spacial score (nSPS) is 7.27. The molecule has 0 saturated carbocycles. The molecule has 1 rings (SSSR count). The van der Waals surface area contributed by atoms with Gasteiger partial charge in [-0.1, -0.05) is 36.9 Å². The average molecular weight is 314 g/mol. The van der Waals surface area contributed by atoms with Gasteiger partial charge in [0.25, 0.3) is 19.4 Å². The standard InChI is InChI=1S/C12H16O.3CH2O2/c1-2-13-11-7-6-10-12-8-4-3-5-9-12;3*2-1-3/h2-5,8-9H,1,6-7,10-11H2;3*1H,(H,2,3). The highest BCUT2D eigenvalue weighted by Crippen LogP contribution is 2.04. The molecule has 0 aliphatic rings. The minimum Gasteiger partial charge on any atom is -0.502 e. The van der Waals surface area contributed by atoms with Crippen LogP contribution in [0.15, 0.2) is 43.2 Å². The average Bonchev–Trinajstić information content (AvgIpc) is 2.51. The van der Waals surface area contributed by atoms with Gasteiger partial charge in [0.05, 0.1) is 12.9 Å². The topological polar surface area (TPSA) is 121 Å². The molecule has 1 aromatic rings. The summed E-state index contributed by atoms with van der Waals surface area (Å²) in [6, 6.07) is 10.5. The first-order chi connectivity index (χ1) is 10.7. The van der Waals surface area contributed by atoms with Crippen molar-refractivity contribution in [3.63, 3.8) is 0 Å². The Balaban J connectivity index is -0.000000334. The van der Waals surface area contributed by atoms with Crippen molar-refractivity contribution in [1.82, 2.24) is 0 Å². The minimum atomic E-state index is -0.250. The van der Waals surface area contributed by atoms with Crippen molar-refractivity contribution < 1.29 is 34.4 Å². The van der Waals surface area contributed by atoms with Crippen LogP contribution in [0.1, 0.15) is 18.4 Å². The first kappa shape index (κ1) is 24.2. The Kier molecular flexibility index (Phi) is 29.4. The summed E-state index contributed by atoms with van der Waals surface area (Å²) in [5.41, 5.74) is 1.40. The van der Waals surface area contributed by atoms with Gasteiger partial charge < -0.3 is 20.1 Å². The maximum absolute atomic E-state index is 8.36. The van der Waals surface area contributed by atoms with Crippen LogP contribution in [0.2, 0.25) is 0 Å². The van der Waals surface area contributed by atoms with E-state index in [2.05, 4.69) is 30.8 Å². The van der Waals surface area contributed by atoms with Gasteiger partial charge >= 0.3 is 0 Å². The quantitative estimate of drug-likeness (QED) is 0.418. The lowest BCUT2D eigenvalue weighted by molar-refractivity contribution is -0.123. The van der Waals surface area contributed by atoms with Gasteiger partial charge in [-0.2, -0.15) is 0 Å². The minimum absolute atomic E-state index is 0.250. The van der Waals surface area contributed by atoms with Crippen molar-refractivity contribution in [2.45, 2.75) is 19.3 Å². The highest BCUT2D eigenvalue weighted by molar-refractivity contribution is 5.33. The monoisotopic (exact) mass is 314 g/mol. The van der Waals surface area contributed by atoms with Gasteiger partial charge in [0.15, 0.2) is 0 Å². The summed E-state index contributed by atoms with van der Waals surface area (Å²) in [6.45, 7) is 3.53. The van der Waals surface area contributed by atoms with Crippen molar-refractivity contribution in [3.05, 3.63) is 48.7 Å². The number of benzene rings is 1. The molecule has 0 bridgehead atoms. The van der Waals surface area contributed by atoms with Crippen LogP contribution < -0.4 is 0 Å². The predicted octanol–water partition coefficient (Wildman–Crippen LogP) is 2.27. The van der Waals surface area contributed by atoms with E-state index in [9.17, 15) is 0 Å². The molecule has 1 aromatic carbocycles. The zero-order valence-corrected chi connectivity index (χ0v) is 12.2. The molecule has 0 heterocycles. The molecule has 124 valence electrons. The van der Waals surface area contributed by atoms with Gasteiger partial charge in [0.1, 0.15) is 0 Å². The molecule has 7 heteroatoms. The summed E-state index contributed by atoms with van der Waals surface area (Å²) in [6.07, 6.45) is 4.92. The third-order valence-electron chi connectivity index (χ3n) is 1.94. The summed E-state index contributed by atoms with van der Waals surface area (Å²) >= 11 is 0. The number of hydrogen-bond acceptors (Lipinski definition) is 4. The van der Waals surface area contributed by atoms with Crippen molar-refractivity contribution in [1.29, 1.82) is 0 Å². The highest BCUT2D eigenvalue weighted by Gasteiger charge is 1.91. The van der Waals surface area contributed by atoms with Crippen LogP contribution >= 0.6 is 0 Å². The van der Waals surface area contributed by atoms with Crippen LogP contribution in [-0.2, 0) is 25.5 Å². The molecular formula is C15H22O7. The van der Waals surface area contributed by atoms with Gasteiger partial charge in [-0.25, -0.2) is 0 Å². The number of ether oxygens (including phenoxy) is 1. The molecule has 0 spiro atoms. The van der Waals surface area contributed by atoms with Crippen LogP contribution in [0.25, 0.3) is 0 Å². The van der Waals surface area contributed by atoms with E-state index in [1.165, 1.54) is 18.2 Å². The third kappa shape index (κ3) is 30.3. The molecule has 0 aliphatic heterocycles. The van der Waals surface area contributed by atoms with E-state index in [0.29, 0.717) is 0 Å². The molecular weight excluding hydrogens is 292 g/mol. The largest absolute Gasteiger partial charge is 0.502 e. The molecule has 7 nitrogen and oxygen atoms in total. The van der Waals surface area contributed by atoms with Crippen molar-refractivity contribution in [2.24, 2.45) is 0 Å². The molecule has 0 unspecified atom stereocenters. The van der Waals surface area contributed by atoms with E-state index in [1.54, 1.807) is 0 Å². The molecule has 22 heavy (non-hydrogen) atoms. The van der Waals surface area contributed by atoms with Crippen LogP contribution in [0, 0.1) is 0 Å². The number of carboxylic acid groups (broad SMARTS) is 3. The van der Waals surface area contributed by atoms with Crippen LogP contribution in [0.4, 0.5) is 0 Å². The van der Waals surface area contributed by atoms with E-state index in [-0.39, 0.29) is 19.4 Å². The molecule has 0 radical (unpaired) electrons. The van der Waals surface area contributed by atoms with Gasteiger partial charge in [0.2, 0.25) is 0 Å². The van der Waals surface area contributed by atoms with Gasteiger partial charge in [-0.15, -0.1) is 0 Å². The Labute approximate surface area is 129 Å². The fourth-order valence-electron chi connectivity index (χ4n) is 1.24. The smallest absolute Gasteiger partial charge is 0.290 e. The molecule has 0 atom stereocenters. The second-order valence-electron chi connectivity index (χ2n) is 3.30. The van der Waals surface area contributed by atoms with Gasteiger partial charge in [0, 0.05) is 0 Å². The number of carbonyl (C=O) groups is 3. The van der Waals surface area contributed by atoms with E-state index in [0.717, 1.165) is 19.4 Å². The zero-order chi connectivity index (χ0) is 17.5. The van der Waals surface area contributed by atoms with Gasteiger partial charge in [-0.3, -0.25) is 14.4 Å². The maximum atomic E-state index is 8.36. The molecule has 0 aromatic heterocycles. The highest BCUT2D eigenvalue weighted by atomic mass is 16.5. The number of unbranched alkanes of at least 4 members (excludes halogenated alkanes) is 1. The summed E-state index contributed by atoms with van der Waals surface area (Å²) < 4.78 is 5.04. The van der Waals surface area contributed by atoms with E-state index < -0.39 is 0 Å². The molecule has 0 amide bonds. The predicted molar refractivity (Wildman–Crippen MR) is 81.6 cm³/mol. The Hall–Kier alpha value is -2.83. The number of aryl methyl sites for hydroxylation is 1. The summed E-state index contributed by atoms with van der Waals surface area (Å²) in [4.78, 5) is 25.1. The zero-order valence-electron chi connectivity index (χ0n) is 12.2. The van der Waals surface area contributed by atoms with Crippen LogP contribution in [-0.4, -0.2) is 41.3 Å². The lowest BCUT2D eigenvalue weighted by Crippen LogP contribution is -1.90. The lowest BCUT2D eigenvalue weighted by Gasteiger charge is -2.01. The lowest BCUT2D eigenvalue weighted by atomic mass is 10.1. The maximum Gasteiger partial charge on any atom is 0.290 e. The summed E-state index contributed by atoms with van der Waals surface area (Å²) in [5.74, 6) is 0. The molecule has 0 saturated heterocycles. The van der Waals surface area contributed by atoms with Gasteiger partial charge in [-0.05, 0) is 24.8 Å². The Morgan fingerprint density at radius 2 is 1.36 bits per heavy atom. The second kappa shape index (κ2) is 26.7. The fraction of sp³-hybridized carbons (Fsp3) is 0.267. The first-order valence-corrected chi connectivity index (χ1v) is 6.18. The number of rotatable bonds is 6. The SMILES string of the molecule is C=COCCCCc1ccccc1.O=CO.O=CO.O=CO. The Morgan fingerprint density at radius 1 is 0.909 bits per heavy atom. The first-order valence-electron chi connectivity index (χ1n) is 6.18. The molecule has 3 N–H and O–H groups in total. The van der Waals surface area contributed by atoms with Crippen molar-refractivity contribution in [2.75, 3.05) is 6.61 Å². The second-order valence-corrected chi connectivity index (χ2v) is 3.30. The number of hydrogen-bond donors (Lipinski definition) is 3. The van der Waals surface area contributed by atoms with Crippen molar-refractivity contribution in [3.8, 4) is 0 Å². The van der Waals surface area contributed by atoms with E-state index in [4.69, 9.17) is 34.4 Å². The Bertz CT molecular complexity index is 338. The summed E-state index contributed by atoms with van der Waals surface area (Å²) in [5, 5.41) is 20.7. The van der Waals surface area contributed by atoms with Crippen molar-refractivity contribution >= 4 is 19.4 Å². The van der Waals surface area contributed by atoms with Crippen LogP contribution in [0.5, 0.6) is 0 Å². The third-order valence-corrected chi connectivity index (χ3v) is 1.94. The molecule has 0 aliphatic carbocycles. The fourth-order valence-corrected chi connectivity index (χ4v) is 1.24. The van der Waals surface area contributed by atoms with Crippen LogP contribution in [0.3, 0.4) is 0 Å². The summed E-state index contributed by atoms with van der Waals surface area (Å²) in [7, 11) is 0. The molecule has 0 fully saturated rings.